The molecule has 5 nitrogen and oxygen atoms in total. The lowest BCUT2D eigenvalue weighted by atomic mass is 10.2. The summed E-state index contributed by atoms with van der Waals surface area (Å²) in [5, 5.41) is 6.71. The minimum Gasteiger partial charge on any atom is -0.370 e. The molecule has 0 spiro atoms. The van der Waals surface area contributed by atoms with E-state index < -0.39 is 0 Å². The van der Waals surface area contributed by atoms with Gasteiger partial charge in [0.2, 0.25) is 0 Å². The maximum Gasteiger partial charge on any atom is 0.135 e. The lowest BCUT2D eigenvalue weighted by molar-refractivity contribution is 0.945. The molecule has 2 aromatic rings. The van der Waals surface area contributed by atoms with Crippen molar-refractivity contribution < 1.29 is 0 Å². The molecule has 0 saturated heterocycles. The monoisotopic (exact) mass is 277 g/mol. The molecule has 6 heteroatoms. The topological polar surface area (TPSA) is 62.7 Å². The minimum atomic E-state index is 0.752. The van der Waals surface area contributed by atoms with Crippen molar-refractivity contribution >= 4 is 23.0 Å². The summed E-state index contributed by atoms with van der Waals surface area (Å²) >= 11 is 1.64. The van der Waals surface area contributed by atoms with E-state index in [0.29, 0.717) is 0 Å². The van der Waals surface area contributed by atoms with E-state index in [1.807, 2.05) is 11.7 Å². The Labute approximate surface area is 117 Å². The number of hydrogen-bond donors (Lipinski definition) is 2. The summed E-state index contributed by atoms with van der Waals surface area (Å²) in [6.07, 6.45) is 5.46. The summed E-state index contributed by atoms with van der Waals surface area (Å²) in [7, 11) is 0. The molecule has 0 aliphatic heterocycles. The molecular weight excluding hydrogens is 258 g/mol. The molecule has 19 heavy (non-hydrogen) atoms. The zero-order valence-electron chi connectivity index (χ0n) is 11.3. The molecule has 0 aliphatic carbocycles. The third-order valence-corrected chi connectivity index (χ3v) is 3.53. The Morgan fingerprint density at radius 2 is 1.95 bits per heavy atom. The van der Waals surface area contributed by atoms with Gasteiger partial charge < -0.3 is 10.6 Å². The lowest BCUT2D eigenvalue weighted by Crippen LogP contribution is -2.10. The average molecular weight is 277 g/mol. The Balaban J connectivity index is 2.10. The van der Waals surface area contributed by atoms with Crippen molar-refractivity contribution in [3.05, 3.63) is 28.5 Å². The second-order valence-electron chi connectivity index (χ2n) is 4.15. The van der Waals surface area contributed by atoms with Crippen LogP contribution in [0.1, 0.15) is 30.7 Å². The molecule has 0 aromatic carbocycles. The van der Waals surface area contributed by atoms with E-state index in [0.717, 1.165) is 43.1 Å². The fourth-order valence-electron chi connectivity index (χ4n) is 1.80. The van der Waals surface area contributed by atoms with Crippen LogP contribution in [0.4, 0.5) is 11.6 Å². The highest BCUT2D eigenvalue weighted by atomic mass is 32.1. The zero-order valence-corrected chi connectivity index (χ0v) is 12.1. The lowest BCUT2D eigenvalue weighted by Gasteiger charge is -2.13. The van der Waals surface area contributed by atoms with Crippen LogP contribution in [0.2, 0.25) is 0 Å². The standard InChI is InChI=1S/C13H19N5S/c1-3-5-15-12-11(4-2)13(18-8-17-12)16-7-10-6-14-9-19-10/h6,8-9H,3-5,7H2,1-2H3,(H2,15,16,17,18). The van der Waals surface area contributed by atoms with Gasteiger partial charge in [-0.3, -0.25) is 4.98 Å². The fraction of sp³-hybridized carbons (Fsp3) is 0.462. The number of hydrogen-bond acceptors (Lipinski definition) is 6. The van der Waals surface area contributed by atoms with Gasteiger partial charge in [0, 0.05) is 23.2 Å². The Morgan fingerprint density at radius 1 is 1.16 bits per heavy atom. The van der Waals surface area contributed by atoms with Crippen LogP contribution >= 0.6 is 11.3 Å². The number of aromatic nitrogens is 3. The molecule has 0 saturated carbocycles. The van der Waals surface area contributed by atoms with Crippen LogP contribution in [-0.2, 0) is 13.0 Å². The second kappa shape index (κ2) is 7.04. The quantitative estimate of drug-likeness (QED) is 0.814. The molecule has 0 amide bonds. The summed E-state index contributed by atoms with van der Waals surface area (Å²) in [5.41, 5.74) is 2.98. The van der Waals surface area contributed by atoms with Crippen LogP contribution in [0.25, 0.3) is 0 Å². The van der Waals surface area contributed by atoms with Gasteiger partial charge in [-0.1, -0.05) is 13.8 Å². The molecule has 0 unspecified atom stereocenters. The first-order valence-electron chi connectivity index (χ1n) is 6.54. The van der Waals surface area contributed by atoms with Gasteiger partial charge in [0.05, 0.1) is 12.1 Å². The molecule has 2 rings (SSSR count). The van der Waals surface area contributed by atoms with Crippen LogP contribution in [-0.4, -0.2) is 21.5 Å². The van der Waals surface area contributed by atoms with Gasteiger partial charge in [-0.25, -0.2) is 9.97 Å². The van der Waals surface area contributed by atoms with Crippen LogP contribution in [0.3, 0.4) is 0 Å². The van der Waals surface area contributed by atoms with Crippen molar-refractivity contribution in [3.8, 4) is 0 Å². The maximum absolute atomic E-state index is 4.34. The molecule has 2 heterocycles. The third kappa shape index (κ3) is 3.64. The smallest absolute Gasteiger partial charge is 0.135 e. The van der Waals surface area contributed by atoms with Crippen LogP contribution in [0, 0.1) is 0 Å². The molecule has 2 N–H and O–H groups in total. The molecule has 0 aliphatic rings. The molecule has 2 aromatic heterocycles. The molecule has 102 valence electrons. The number of rotatable bonds is 7. The van der Waals surface area contributed by atoms with E-state index in [9.17, 15) is 0 Å². The SMILES string of the molecule is CCCNc1ncnc(NCc2cncs2)c1CC. The Bertz CT molecular complexity index is 498. The van der Waals surface area contributed by atoms with Crippen molar-refractivity contribution in [1.82, 2.24) is 15.0 Å². The third-order valence-electron chi connectivity index (χ3n) is 2.75. The van der Waals surface area contributed by atoms with Gasteiger partial charge in [-0.05, 0) is 12.8 Å². The number of thiazole rings is 1. The molecular formula is C13H19N5S. The van der Waals surface area contributed by atoms with Crippen molar-refractivity contribution in [3.63, 3.8) is 0 Å². The van der Waals surface area contributed by atoms with Crippen LogP contribution in [0.5, 0.6) is 0 Å². The number of nitrogens with one attached hydrogen (secondary N) is 2. The van der Waals surface area contributed by atoms with Gasteiger partial charge in [0.25, 0.3) is 0 Å². The molecule has 0 atom stereocenters. The largest absolute Gasteiger partial charge is 0.370 e. The summed E-state index contributed by atoms with van der Waals surface area (Å²) in [5.74, 6) is 1.84. The average Bonchev–Trinajstić information content (AvgIpc) is 2.96. The first kappa shape index (κ1) is 13.7. The number of nitrogens with zero attached hydrogens (tertiary/aromatic N) is 3. The first-order chi connectivity index (χ1) is 9.35. The van der Waals surface area contributed by atoms with Gasteiger partial charge in [0.15, 0.2) is 0 Å². The van der Waals surface area contributed by atoms with Crippen molar-refractivity contribution in [2.24, 2.45) is 0 Å². The summed E-state index contributed by atoms with van der Waals surface area (Å²) in [6.45, 7) is 5.94. The van der Waals surface area contributed by atoms with Crippen LogP contribution in [0.15, 0.2) is 18.0 Å². The maximum atomic E-state index is 4.34. The van der Waals surface area contributed by atoms with Gasteiger partial charge in [-0.15, -0.1) is 11.3 Å². The van der Waals surface area contributed by atoms with Crippen molar-refractivity contribution in [2.75, 3.05) is 17.2 Å². The van der Waals surface area contributed by atoms with E-state index in [2.05, 4.69) is 39.4 Å². The summed E-state index contributed by atoms with van der Waals surface area (Å²) < 4.78 is 0. The Morgan fingerprint density at radius 3 is 2.58 bits per heavy atom. The first-order valence-corrected chi connectivity index (χ1v) is 7.42. The molecule has 0 fully saturated rings. The Hall–Kier alpha value is -1.69. The van der Waals surface area contributed by atoms with E-state index in [-0.39, 0.29) is 0 Å². The fourth-order valence-corrected chi connectivity index (χ4v) is 2.33. The van der Waals surface area contributed by atoms with Crippen molar-refractivity contribution in [1.29, 1.82) is 0 Å². The number of anilines is 2. The second-order valence-corrected chi connectivity index (χ2v) is 5.12. The highest BCUT2D eigenvalue weighted by molar-refractivity contribution is 7.09. The Kier molecular flexibility index (Phi) is 5.09. The summed E-state index contributed by atoms with van der Waals surface area (Å²) in [6, 6.07) is 0. The van der Waals surface area contributed by atoms with E-state index in [1.165, 1.54) is 4.88 Å². The van der Waals surface area contributed by atoms with E-state index in [4.69, 9.17) is 0 Å². The van der Waals surface area contributed by atoms with Gasteiger partial charge >= 0.3 is 0 Å². The van der Waals surface area contributed by atoms with E-state index in [1.54, 1.807) is 17.7 Å². The minimum absolute atomic E-state index is 0.752. The highest BCUT2D eigenvalue weighted by Gasteiger charge is 2.09. The van der Waals surface area contributed by atoms with Gasteiger partial charge in [0.1, 0.15) is 18.0 Å². The molecule has 0 bridgehead atoms. The predicted molar refractivity (Wildman–Crippen MR) is 79.6 cm³/mol. The zero-order chi connectivity index (χ0) is 13.5. The summed E-state index contributed by atoms with van der Waals surface area (Å²) in [4.78, 5) is 13.9. The normalized spacial score (nSPS) is 10.4. The molecule has 0 radical (unpaired) electrons. The van der Waals surface area contributed by atoms with Gasteiger partial charge in [-0.2, -0.15) is 0 Å². The van der Waals surface area contributed by atoms with E-state index >= 15 is 0 Å². The van der Waals surface area contributed by atoms with Crippen LogP contribution < -0.4 is 10.6 Å². The van der Waals surface area contributed by atoms with Crippen molar-refractivity contribution in [2.45, 2.75) is 33.2 Å². The highest BCUT2D eigenvalue weighted by Crippen LogP contribution is 2.21. The predicted octanol–water partition coefficient (Wildman–Crippen LogP) is 2.93.